The predicted octanol–water partition coefficient (Wildman–Crippen LogP) is 1.22. The molecular formula is C14H24B2O4. The lowest BCUT2D eigenvalue weighted by atomic mass is 9.71. The van der Waals surface area contributed by atoms with Crippen LogP contribution < -0.4 is 10.9 Å². The van der Waals surface area contributed by atoms with Crippen LogP contribution in [0, 0.1) is 0 Å². The largest absolute Gasteiger partial charge is 0.493 e. The van der Waals surface area contributed by atoms with Gasteiger partial charge in [-0.2, -0.15) is 0 Å². The maximum Gasteiger partial charge on any atom is 0.493 e. The summed E-state index contributed by atoms with van der Waals surface area (Å²) in [6.07, 6.45) is 0. The van der Waals surface area contributed by atoms with Crippen LogP contribution in [0.4, 0.5) is 0 Å². The molecule has 0 spiro atoms. The van der Waals surface area contributed by atoms with Crippen LogP contribution in [-0.4, -0.2) is 40.7 Å². The zero-order valence-corrected chi connectivity index (χ0v) is 12.9. The molecule has 20 heavy (non-hydrogen) atoms. The van der Waals surface area contributed by atoms with Crippen LogP contribution >= 0.6 is 0 Å². The average Bonchev–Trinajstić information content (AvgIpc) is 2.47. The van der Waals surface area contributed by atoms with Crippen molar-refractivity contribution < 1.29 is 18.6 Å². The van der Waals surface area contributed by atoms with Gasteiger partial charge >= 0.3 is 14.2 Å². The second-order valence-electron chi connectivity index (χ2n) is 4.16. The van der Waals surface area contributed by atoms with Gasteiger partial charge in [0.1, 0.15) is 0 Å². The predicted molar refractivity (Wildman–Crippen MR) is 83.7 cm³/mol. The Kier molecular flexibility index (Phi) is 8.62. The summed E-state index contributed by atoms with van der Waals surface area (Å²) in [6, 6.07) is 7.98. The molecule has 1 aromatic carbocycles. The summed E-state index contributed by atoms with van der Waals surface area (Å²) >= 11 is 0. The van der Waals surface area contributed by atoms with Crippen LogP contribution in [-0.2, 0) is 18.6 Å². The van der Waals surface area contributed by atoms with Gasteiger partial charge in [0.15, 0.2) is 0 Å². The van der Waals surface area contributed by atoms with Crippen molar-refractivity contribution in [2.45, 2.75) is 27.7 Å². The van der Waals surface area contributed by atoms with Crippen LogP contribution in [0.3, 0.4) is 0 Å². The lowest BCUT2D eigenvalue weighted by Gasteiger charge is -2.16. The van der Waals surface area contributed by atoms with E-state index in [1.54, 1.807) is 0 Å². The van der Waals surface area contributed by atoms with E-state index in [-0.39, 0.29) is 14.2 Å². The Hall–Kier alpha value is -0.810. The molecule has 110 valence electrons. The first kappa shape index (κ1) is 17.2. The SMILES string of the molecule is CCOB(OCC)c1cccc(B(OCC)OCC)c1. The summed E-state index contributed by atoms with van der Waals surface area (Å²) in [5.74, 6) is 0. The van der Waals surface area contributed by atoms with Gasteiger partial charge < -0.3 is 18.6 Å². The van der Waals surface area contributed by atoms with E-state index in [1.807, 2.05) is 52.0 Å². The molecule has 0 bridgehead atoms. The third-order valence-electron chi connectivity index (χ3n) is 2.73. The van der Waals surface area contributed by atoms with E-state index in [9.17, 15) is 0 Å². The summed E-state index contributed by atoms with van der Waals surface area (Å²) < 4.78 is 22.5. The van der Waals surface area contributed by atoms with Crippen molar-refractivity contribution in [3.63, 3.8) is 0 Å². The summed E-state index contributed by atoms with van der Waals surface area (Å²) in [4.78, 5) is 0. The van der Waals surface area contributed by atoms with Gasteiger partial charge in [0.2, 0.25) is 0 Å². The van der Waals surface area contributed by atoms with Crippen LogP contribution in [0.2, 0.25) is 0 Å². The van der Waals surface area contributed by atoms with E-state index in [0.29, 0.717) is 26.4 Å². The first-order valence-corrected chi connectivity index (χ1v) is 7.32. The molecule has 0 saturated heterocycles. The lowest BCUT2D eigenvalue weighted by molar-refractivity contribution is 0.225. The molecule has 0 aliphatic carbocycles. The second-order valence-corrected chi connectivity index (χ2v) is 4.16. The first-order chi connectivity index (χ1) is 9.76. The molecule has 1 aromatic rings. The zero-order valence-electron chi connectivity index (χ0n) is 12.9. The number of benzene rings is 1. The normalized spacial score (nSPS) is 10.6. The Morgan fingerprint density at radius 3 is 1.35 bits per heavy atom. The average molecular weight is 278 g/mol. The van der Waals surface area contributed by atoms with E-state index >= 15 is 0 Å². The van der Waals surface area contributed by atoms with E-state index in [1.165, 1.54) is 0 Å². The standard InChI is InChI=1S/C14H24B2O4/c1-5-17-15(18-6-2)13-10-9-11-14(12-13)16(19-7-3)20-8-4/h9-12H,5-8H2,1-4H3. The van der Waals surface area contributed by atoms with Gasteiger partial charge in [0, 0.05) is 26.4 Å². The van der Waals surface area contributed by atoms with Crippen molar-refractivity contribution in [1.29, 1.82) is 0 Å². The highest BCUT2D eigenvalue weighted by molar-refractivity contribution is 6.65. The maximum atomic E-state index is 5.62. The van der Waals surface area contributed by atoms with Gasteiger partial charge in [0.05, 0.1) is 0 Å². The maximum absolute atomic E-state index is 5.62. The molecule has 0 aliphatic heterocycles. The minimum atomic E-state index is -0.339. The molecule has 0 unspecified atom stereocenters. The van der Waals surface area contributed by atoms with Gasteiger partial charge in [-0.3, -0.25) is 0 Å². The molecule has 0 saturated carbocycles. The molecule has 1 rings (SSSR count). The summed E-state index contributed by atoms with van der Waals surface area (Å²) in [5, 5.41) is 0. The van der Waals surface area contributed by atoms with Crippen molar-refractivity contribution in [3.05, 3.63) is 24.3 Å². The lowest BCUT2D eigenvalue weighted by Crippen LogP contribution is -2.43. The molecule has 0 radical (unpaired) electrons. The fourth-order valence-corrected chi connectivity index (χ4v) is 1.94. The smallest absolute Gasteiger partial charge is 0.408 e. The van der Waals surface area contributed by atoms with Gasteiger partial charge in [-0.05, 0) is 38.6 Å². The minimum Gasteiger partial charge on any atom is -0.408 e. The Morgan fingerprint density at radius 1 is 0.700 bits per heavy atom. The van der Waals surface area contributed by atoms with Crippen LogP contribution in [0.15, 0.2) is 24.3 Å². The van der Waals surface area contributed by atoms with Gasteiger partial charge in [0.25, 0.3) is 0 Å². The molecule has 0 N–H and O–H groups in total. The molecule has 4 nitrogen and oxygen atoms in total. The zero-order chi connectivity index (χ0) is 14.8. The highest BCUT2D eigenvalue weighted by atomic mass is 16.6. The van der Waals surface area contributed by atoms with Crippen molar-refractivity contribution >= 4 is 25.2 Å². The second kappa shape index (κ2) is 9.99. The van der Waals surface area contributed by atoms with Crippen molar-refractivity contribution in [3.8, 4) is 0 Å². The van der Waals surface area contributed by atoms with E-state index < -0.39 is 0 Å². The van der Waals surface area contributed by atoms with Gasteiger partial charge in [-0.25, -0.2) is 0 Å². The molecule has 0 amide bonds. The van der Waals surface area contributed by atoms with E-state index in [0.717, 1.165) is 10.9 Å². The molecular weight excluding hydrogens is 254 g/mol. The van der Waals surface area contributed by atoms with Gasteiger partial charge in [-0.15, -0.1) is 0 Å². The Balaban J connectivity index is 2.90. The van der Waals surface area contributed by atoms with Crippen LogP contribution in [0.25, 0.3) is 0 Å². The van der Waals surface area contributed by atoms with Crippen molar-refractivity contribution in [1.82, 2.24) is 0 Å². The number of rotatable bonds is 10. The minimum absolute atomic E-state index is 0.339. The summed E-state index contributed by atoms with van der Waals surface area (Å²) in [6.45, 7) is 10.3. The fourth-order valence-electron chi connectivity index (χ4n) is 1.94. The fraction of sp³-hybridized carbons (Fsp3) is 0.571. The van der Waals surface area contributed by atoms with Gasteiger partial charge in [-0.1, -0.05) is 24.3 Å². The highest BCUT2D eigenvalue weighted by Gasteiger charge is 2.25. The summed E-state index contributed by atoms with van der Waals surface area (Å²) in [7, 11) is -0.678. The van der Waals surface area contributed by atoms with Crippen molar-refractivity contribution in [2.24, 2.45) is 0 Å². The number of hydrogen-bond acceptors (Lipinski definition) is 4. The summed E-state index contributed by atoms with van der Waals surface area (Å²) in [5.41, 5.74) is 1.96. The van der Waals surface area contributed by atoms with E-state index in [2.05, 4.69) is 0 Å². The molecule has 0 aromatic heterocycles. The van der Waals surface area contributed by atoms with E-state index in [4.69, 9.17) is 18.6 Å². The monoisotopic (exact) mass is 278 g/mol. The quantitative estimate of drug-likeness (QED) is 0.603. The van der Waals surface area contributed by atoms with Crippen LogP contribution in [0.1, 0.15) is 27.7 Å². The molecule has 0 aliphatic rings. The van der Waals surface area contributed by atoms with Crippen LogP contribution in [0.5, 0.6) is 0 Å². The number of hydrogen-bond donors (Lipinski definition) is 0. The third-order valence-corrected chi connectivity index (χ3v) is 2.73. The topological polar surface area (TPSA) is 36.9 Å². The Labute approximate surface area is 123 Å². The first-order valence-electron chi connectivity index (χ1n) is 7.32. The third kappa shape index (κ3) is 5.29. The highest BCUT2D eigenvalue weighted by Crippen LogP contribution is 1.96. The molecule has 0 heterocycles. The van der Waals surface area contributed by atoms with Crippen molar-refractivity contribution in [2.75, 3.05) is 26.4 Å². The Morgan fingerprint density at radius 2 is 1.05 bits per heavy atom. The molecule has 0 atom stereocenters. The Bertz CT molecular complexity index is 333. The molecule has 0 fully saturated rings. The molecule has 6 heteroatoms.